The topological polar surface area (TPSA) is 65.2 Å². The number of amides is 2. The number of carbonyl (C=O) groups excluding carboxylic acids is 2. The lowest BCUT2D eigenvalue weighted by Gasteiger charge is -2.34. The van der Waals surface area contributed by atoms with Gasteiger partial charge in [-0.25, -0.2) is 0 Å². The summed E-state index contributed by atoms with van der Waals surface area (Å²) in [7, 11) is 0. The molecule has 0 saturated carbocycles. The zero-order chi connectivity index (χ0) is 18.7. The zero-order valence-corrected chi connectivity index (χ0v) is 16.0. The van der Waals surface area contributed by atoms with Crippen molar-refractivity contribution in [1.29, 1.82) is 0 Å². The number of rotatable bonds is 7. The summed E-state index contributed by atoms with van der Waals surface area (Å²) in [6.45, 7) is 7.41. The number of carbonyl (C=O) groups is 2. The lowest BCUT2D eigenvalue weighted by atomic mass is 9.96. The summed E-state index contributed by atoms with van der Waals surface area (Å²) in [4.78, 5) is 30.3. The largest absolute Gasteiger partial charge is 0.361 e. The molecule has 1 aromatic heterocycles. The minimum absolute atomic E-state index is 0.0251. The standard InChI is InChI=1S/C21H29N3O2/c1-15(2)9-12-22-20(26)21(3)11-8-19(25)24(21)13-10-16-14-23-18-7-5-4-6-17(16)18/h4-7,14-15,23H,8-13H2,1-3H3,(H,22,26). The Labute approximate surface area is 155 Å². The molecule has 0 spiro atoms. The molecule has 0 aliphatic carbocycles. The number of benzene rings is 1. The molecule has 2 amide bonds. The van der Waals surface area contributed by atoms with Gasteiger partial charge in [-0.2, -0.15) is 0 Å². The van der Waals surface area contributed by atoms with E-state index in [0.29, 0.717) is 31.8 Å². The van der Waals surface area contributed by atoms with Crippen molar-refractivity contribution >= 4 is 22.7 Å². The molecule has 26 heavy (non-hydrogen) atoms. The fourth-order valence-corrected chi connectivity index (χ4v) is 3.74. The third-order valence-electron chi connectivity index (χ3n) is 5.50. The summed E-state index contributed by atoms with van der Waals surface area (Å²) in [5.74, 6) is 0.598. The molecular weight excluding hydrogens is 326 g/mol. The first kappa shape index (κ1) is 18.5. The van der Waals surface area contributed by atoms with Crippen LogP contribution >= 0.6 is 0 Å². The van der Waals surface area contributed by atoms with E-state index < -0.39 is 5.54 Å². The number of H-pyrrole nitrogens is 1. The summed E-state index contributed by atoms with van der Waals surface area (Å²) in [5.41, 5.74) is 1.55. The Morgan fingerprint density at radius 1 is 1.35 bits per heavy atom. The van der Waals surface area contributed by atoms with Gasteiger partial charge in [-0.3, -0.25) is 9.59 Å². The van der Waals surface area contributed by atoms with E-state index in [1.807, 2.05) is 31.3 Å². The van der Waals surface area contributed by atoms with E-state index in [4.69, 9.17) is 0 Å². The highest BCUT2D eigenvalue weighted by molar-refractivity contribution is 5.94. The molecule has 1 atom stereocenters. The van der Waals surface area contributed by atoms with E-state index in [1.165, 1.54) is 10.9 Å². The van der Waals surface area contributed by atoms with E-state index in [1.54, 1.807) is 4.90 Å². The van der Waals surface area contributed by atoms with Gasteiger partial charge in [0.2, 0.25) is 11.8 Å². The summed E-state index contributed by atoms with van der Waals surface area (Å²) >= 11 is 0. The van der Waals surface area contributed by atoms with Gasteiger partial charge in [0.15, 0.2) is 0 Å². The van der Waals surface area contributed by atoms with Crippen LogP contribution in [0.15, 0.2) is 30.5 Å². The minimum atomic E-state index is -0.736. The van der Waals surface area contributed by atoms with Crippen molar-refractivity contribution in [3.05, 3.63) is 36.0 Å². The molecule has 2 N–H and O–H groups in total. The van der Waals surface area contributed by atoms with E-state index in [0.717, 1.165) is 18.4 Å². The van der Waals surface area contributed by atoms with E-state index >= 15 is 0 Å². The first-order valence-electron chi connectivity index (χ1n) is 9.55. The summed E-state index contributed by atoms with van der Waals surface area (Å²) in [6, 6.07) is 8.16. The van der Waals surface area contributed by atoms with Gasteiger partial charge in [-0.1, -0.05) is 32.0 Å². The Morgan fingerprint density at radius 2 is 2.12 bits per heavy atom. The molecule has 2 aromatic rings. The van der Waals surface area contributed by atoms with E-state index in [9.17, 15) is 9.59 Å². The number of likely N-dealkylation sites (tertiary alicyclic amines) is 1. The maximum atomic E-state index is 12.8. The molecule has 5 heteroatoms. The van der Waals surface area contributed by atoms with Crippen LogP contribution in [0.3, 0.4) is 0 Å². The van der Waals surface area contributed by atoms with Crippen LogP contribution in [0.25, 0.3) is 10.9 Å². The van der Waals surface area contributed by atoms with Crippen LogP contribution in [0, 0.1) is 5.92 Å². The van der Waals surface area contributed by atoms with Crippen LogP contribution in [-0.2, 0) is 16.0 Å². The summed E-state index contributed by atoms with van der Waals surface area (Å²) in [6.07, 6.45) is 4.73. The molecule has 140 valence electrons. The molecule has 1 fully saturated rings. The zero-order valence-electron chi connectivity index (χ0n) is 16.0. The third kappa shape index (κ3) is 3.62. The molecule has 2 heterocycles. The number of hydrogen-bond acceptors (Lipinski definition) is 2. The average molecular weight is 355 g/mol. The molecule has 1 unspecified atom stereocenters. The van der Waals surface area contributed by atoms with Gasteiger partial charge in [-0.15, -0.1) is 0 Å². The van der Waals surface area contributed by atoms with Crippen LogP contribution in [0.5, 0.6) is 0 Å². The number of hydrogen-bond donors (Lipinski definition) is 2. The molecular formula is C21H29N3O2. The highest BCUT2D eigenvalue weighted by atomic mass is 16.2. The maximum Gasteiger partial charge on any atom is 0.245 e. The maximum absolute atomic E-state index is 12.8. The Bertz CT molecular complexity index is 795. The first-order chi connectivity index (χ1) is 12.4. The van der Waals surface area contributed by atoms with Gasteiger partial charge in [-0.05, 0) is 43.7 Å². The van der Waals surface area contributed by atoms with Gasteiger partial charge < -0.3 is 15.2 Å². The number of fused-ring (bicyclic) bond motifs is 1. The van der Waals surface area contributed by atoms with E-state index in [-0.39, 0.29) is 11.8 Å². The molecule has 1 aromatic carbocycles. The molecule has 0 radical (unpaired) electrons. The summed E-state index contributed by atoms with van der Waals surface area (Å²) < 4.78 is 0. The van der Waals surface area contributed by atoms with Crippen LogP contribution in [0.4, 0.5) is 0 Å². The number of nitrogens with zero attached hydrogens (tertiary/aromatic N) is 1. The predicted octanol–water partition coefficient (Wildman–Crippen LogP) is 3.25. The number of nitrogens with one attached hydrogen (secondary N) is 2. The quantitative estimate of drug-likeness (QED) is 0.801. The van der Waals surface area contributed by atoms with Gasteiger partial charge in [0.1, 0.15) is 5.54 Å². The SMILES string of the molecule is CC(C)CCNC(=O)C1(C)CCC(=O)N1CCc1c[nH]c2ccccc12. The second kappa shape index (κ2) is 7.52. The van der Waals surface area contributed by atoms with Gasteiger partial charge in [0.25, 0.3) is 0 Å². The Hall–Kier alpha value is -2.30. The minimum Gasteiger partial charge on any atom is -0.361 e. The fourth-order valence-electron chi connectivity index (χ4n) is 3.74. The van der Waals surface area contributed by atoms with Crippen molar-refractivity contribution in [2.45, 2.75) is 52.0 Å². The highest BCUT2D eigenvalue weighted by Crippen LogP contribution is 2.31. The smallest absolute Gasteiger partial charge is 0.245 e. The van der Waals surface area contributed by atoms with Gasteiger partial charge in [0, 0.05) is 36.6 Å². The van der Waals surface area contributed by atoms with E-state index in [2.05, 4.69) is 30.2 Å². The molecule has 1 aliphatic heterocycles. The average Bonchev–Trinajstić information content (AvgIpc) is 3.15. The highest BCUT2D eigenvalue weighted by Gasteiger charge is 2.46. The normalized spacial score (nSPS) is 20.3. The number of aromatic nitrogens is 1. The van der Waals surface area contributed by atoms with Crippen LogP contribution < -0.4 is 5.32 Å². The van der Waals surface area contributed by atoms with Gasteiger partial charge in [0.05, 0.1) is 0 Å². The monoisotopic (exact) mass is 355 g/mol. The molecule has 0 bridgehead atoms. The molecule has 3 rings (SSSR count). The van der Waals surface area contributed by atoms with Crippen molar-refractivity contribution in [1.82, 2.24) is 15.2 Å². The second-order valence-electron chi connectivity index (χ2n) is 7.87. The van der Waals surface area contributed by atoms with Crippen molar-refractivity contribution in [2.24, 2.45) is 5.92 Å². The van der Waals surface area contributed by atoms with Crippen LogP contribution in [0.1, 0.15) is 45.6 Å². The fraction of sp³-hybridized carbons (Fsp3) is 0.524. The Balaban J connectivity index is 1.68. The summed E-state index contributed by atoms with van der Waals surface area (Å²) in [5, 5.41) is 4.21. The van der Waals surface area contributed by atoms with Crippen molar-refractivity contribution < 1.29 is 9.59 Å². The predicted molar refractivity (Wildman–Crippen MR) is 104 cm³/mol. The lowest BCUT2D eigenvalue weighted by Crippen LogP contribution is -2.55. The van der Waals surface area contributed by atoms with Crippen molar-refractivity contribution in [3.8, 4) is 0 Å². The first-order valence-corrected chi connectivity index (χ1v) is 9.55. The molecule has 1 aliphatic rings. The Morgan fingerprint density at radius 3 is 2.88 bits per heavy atom. The van der Waals surface area contributed by atoms with Crippen molar-refractivity contribution in [2.75, 3.05) is 13.1 Å². The van der Waals surface area contributed by atoms with Crippen LogP contribution in [0.2, 0.25) is 0 Å². The van der Waals surface area contributed by atoms with Gasteiger partial charge >= 0.3 is 0 Å². The molecule has 5 nitrogen and oxygen atoms in total. The Kier molecular flexibility index (Phi) is 5.35. The van der Waals surface area contributed by atoms with Crippen molar-refractivity contribution in [3.63, 3.8) is 0 Å². The van der Waals surface area contributed by atoms with Crippen LogP contribution in [-0.4, -0.2) is 40.3 Å². The molecule has 1 saturated heterocycles. The third-order valence-corrected chi connectivity index (χ3v) is 5.50. The number of aromatic amines is 1. The number of para-hydroxylation sites is 1. The second-order valence-corrected chi connectivity index (χ2v) is 7.87. The lowest BCUT2D eigenvalue weighted by molar-refractivity contribution is -0.140.